The smallest absolute Gasteiger partial charge is 0.295 e. The second kappa shape index (κ2) is 8.83. The highest BCUT2D eigenvalue weighted by atomic mass is 32.1. The quantitative estimate of drug-likeness (QED) is 0.363. The Kier molecular flexibility index (Phi) is 5.97. The van der Waals surface area contributed by atoms with Crippen LogP contribution in [0.1, 0.15) is 28.1 Å². The van der Waals surface area contributed by atoms with Gasteiger partial charge in [0.1, 0.15) is 5.76 Å². The molecule has 0 spiro atoms. The molecule has 0 bridgehead atoms. The summed E-state index contributed by atoms with van der Waals surface area (Å²) in [6.07, 6.45) is 3.25. The van der Waals surface area contributed by atoms with E-state index in [9.17, 15) is 14.7 Å². The number of nitrogens with zero attached hydrogens (tertiary/aromatic N) is 3. The molecule has 3 aromatic rings. The zero-order chi connectivity index (χ0) is 22.0. The van der Waals surface area contributed by atoms with E-state index >= 15 is 0 Å². The number of carbonyl (C=O) groups is 2. The molecule has 2 aromatic heterocycles. The molecule has 0 unspecified atom stereocenters. The van der Waals surface area contributed by atoms with E-state index in [-0.39, 0.29) is 17.4 Å². The number of benzene rings is 1. The summed E-state index contributed by atoms with van der Waals surface area (Å²) in [5.41, 5.74) is 1.34. The number of ketones is 1. The highest BCUT2D eigenvalue weighted by Gasteiger charge is 2.47. The van der Waals surface area contributed by atoms with Crippen molar-refractivity contribution in [2.24, 2.45) is 0 Å². The maximum absolute atomic E-state index is 13.2. The van der Waals surface area contributed by atoms with Crippen LogP contribution in [0.4, 0.5) is 0 Å². The van der Waals surface area contributed by atoms with E-state index in [1.165, 1.54) is 0 Å². The van der Waals surface area contributed by atoms with Gasteiger partial charge in [-0.05, 0) is 43.2 Å². The Hall–Kier alpha value is -3.29. The molecule has 6 nitrogen and oxygen atoms in total. The van der Waals surface area contributed by atoms with Crippen LogP contribution in [0.25, 0.3) is 5.76 Å². The van der Waals surface area contributed by atoms with Crippen molar-refractivity contribution in [1.29, 1.82) is 0 Å². The Bertz CT molecular complexity index is 1100. The highest BCUT2D eigenvalue weighted by molar-refractivity contribution is 7.10. The summed E-state index contributed by atoms with van der Waals surface area (Å²) in [5.74, 6) is -1.45. The van der Waals surface area contributed by atoms with Gasteiger partial charge in [-0.25, -0.2) is 0 Å². The van der Waals surface area contributed by atoms with E-state index in [1.54, 1.807) is 65.0 Å². The lowest BCUT2D eigenvalue weighted by molar-refractivity contribution is -0.140. The van der Waals surface area contributed by atoms with Gasteiger partial charge in [-0.15, -0.1) is 11.3 Å². The molecule has 7 heteroatoms. The predicted octanol–water partition coefficient (Wildman–Crippen LogP) is 3.87. The summed E-state index contributed by atoms with van der Waals surface area (Å²) >= 11 is 1.61. The van der Waals surface area contributed by atoms with Gasteiger partial charge in [-0.2, -0.15) is 0 Å². The Morgan fingerprint density at radius 2 is 1.81 bits per heavy atom. The second-order valence-corrected chi connectivity index (χ2v) is 8.57. The largest absolute Gasteiger partial charge is 0.507 e. The van der Waals surface area contributed by atoms with Crippen molar-refractivity contribution in [3.8, 4) is 0 Å². The van der Waals surface area contributed by atoms with Gasteiger partial charge in [-0.1, -0.05) is 36.4 Å². The van der Waals surface area contributed by atoms with Gasteiger partial charge in [-0.3, -0.25) is 14.6 Å². The number of carbonyl (C=O) groups excluding carboxylic acids is 2. The molecule has 0 radical (unpaired) electrons. The predicted molar refractivity (Wildman–Crippen MR) is 120 cm³/mol. The van der Waals surface area contributed by atoms with E-state index in [0.29, 0.717) is 12.1 Å². The molecule has 1 fully saturated rings. The number of amides is 1. The lowest BCUT2D eigenvalue weighted by Crippen LogP contribution is -2.37. The number of aliphatic hydroxyl groups excluding tert-OH is 1. The van der Waals surface area contributed by atoms with Gasteiger partial charge < -0.3 is 14.9 Å². The average Bonchev–Trinajstić information content (AvgIpc) is 3.40. The highest BCUT2D eigenvalue weighted by Crippen LogP contribution is 2.40. The molecule has 3 heterocycles. The third kappa shape index (κ3) is 4.02. The zero-order valence-corrected chi connectivity index (χ0v) is 18.1. The van der Waals surface area contributed by atoms with Gasteiger partial charge >= 0.3 is 0 Å². The van der Waals surface area contributed by atoms with Crippen LogP contribution in [0, 0.1) is 0 Å². The van der Waals surface area contributed by atoms with Crippen LogP contribution >= 0.6 is 11.3 Å². The summed E-state index contributed by atoms with van der Waals surface area (Å²) in [6.45, 7) is 0.316. The fourth-order valence-electron chi connectivity index (χ4n) is 3.89. The van der Waals surface area contributed by atoms with Crippen molar-refractivity contribution in [1.82, 2.24) is 14.8 Å². The van der Waals surface area contributed by atoms with E-state index in [2.05, 4.69) is 4.98 Å². The molecule has 158 valence electrons. The Morgan fingerprint density at radius 1 is 1.10 bits per heavy atom. The minimum Gasteiger partial charge on any atom is -0.507 e. The van der Waals surface area contributed by atoms with Crippen LogP contribution in [-0.2, 0) is 9.59 Å². The number of likely N-dealkylation sites (tertiary alicyclic amines) is 1. The lowest BCUT2D eigenvalue weighted by atomic mass is 9.96. The maximum Gasteiger partial charge on any atom is 0.295 e. The van der Waals surface area contributed by atoms with Crippen LogP contribution in [0.3, 0.4) is 0 Å². The van der Waals surface area contributed by atoms with Gasteiger partial charge in [0, 0.05) is 29.4 Å². The first-order valence-electron chi connectivity index (χ1n) is 9.92. The SMILES string of the molecule is CN(C)[C@H](CN1C(=O)C(=O)C(=C(O)c2ccccc2)[C@H]1c1ccncc1)c1cccs1. The molecule has 1 aliphatic rings. The minimum absolute atomic E-state index is 0.0840. The summed E-state index contributed by atoms with van der Waals surface area (Å²) in [7, 11) is 3.90. The van der Waals surface area contributed by atoms with Crippen molar-refractivity contribution < 1.29 is 14.7 Å². The molecule has 0 saturated carbocycles. The van der Waals surface area contributed by atoms with E-state index in [4.69, 9.17) is 0 Å². The molecular weight excluding hydrogens is 410 g/mol. The molecule has 1 amide bonds. The molecule has 1 saturated heterocycles. The maximum atomic E-state index is 13.2. The van der Waals surface area contributed by atoms with Crippen LogP contribution in [-0.4, -0.2) is 52.2 Å². The zero-order valence-electron chi connectivity index (χ0n) is 17.3. The molecule has 4 rings (SSSR count). The number of hydrogen-bond donors (Lipinski definition) is 1. The number of aliphatic hydroxyl groups is 1. The number of aromatic nitrogens is 1. The van der Waals surface area contributed by atoms with Crippen LogP contribution in [0.5, 0.6) is 0 Å². The van der Waals surface area contributed by atoms with E-state index in [0.717, 1.165) is 10.4 Å². The van der Waals surface area contributed by atoms with Gasteiger partial charge in [0.2, 0.25) is 0 Å². The first kappa shape index (κ1) is 21.0. The molecule has 0 aliphatic carbocycles. The van der Waals surface area contributed by atoms with Gasteiger partial charge in [0.25, 0.3) is 11.7 Å². The molecule has 1 N–H and O–H groups in total. The number of likely N-dealkylation sites (N-methyl/N-ethyl adjacent to an activating group) is 1. The fourth-order valence-corrected chi connectivity index (χ4v) is 4.80. The fraction of sp³-hybridized carbons (Fsp3) is 0.208. The van der Waals surface area contributed by atoms with Gasteiger partial charge in [0.15, 0.2) is 0 Å². The molecule has 31 heavy (non-hydrogen) atoms. The number of hydrogen-bond acceptors (Lipinski definition) is 6. The van der Waals surface area contributed by atoms with Crippen molar-refractivity contribution in [3.63, 3.8) is 0 Å². The number of Topliss-reactive ketones (excluding diaryl/α,β-unsaturated/α-hetero) is 1. The Balaban J connectivity index is 1.83. The summed E-state index contributed by atoms with van der Waals surface area (Å²) in [6, 6.07) is 15.6. The summed E-state index contributed by atoms with van der Waals surface area (Å²) in [5, 5.41) is 13.0. The van der Waals surface area contributed by atoms with Crippen molar-refractivity contribution in [3.05, 3.63) is 93.9 Å². The topological polar surface area (TPSA) is 73.7 Å². The third-order valence-electron chi connectivity index (χ3n) is 5.47. The van der Waals surface area contributed by atoms with Crippen LogP contribution < -0.4 is 0 Å². The molecule has 1 aliphatic heterocycles. The summed E-state index contributed by atoms with van der Waals surface area (Å²) in [4.78, 5) is 35.0. The second-order valence-electron chi connectivity index (χ2n) is 7.59. The van der Waals surface area contributed by atoms with E-state index in [1.807, 2.05) is 42.6 Å². The van der Waals surface area contributed by atoms with E-state index < -0.39 is 17.7 Å². The third-order valence-corrected chi connectivity index (χ3v) is 6.45. The monoisotopic (exact) mass is 433 g/mol. The van der Waals surface area contributed by atoms with Crippen LogP contribution in [0.2, 0.25) is 0 Å². The summed E-state index contributed by atoms with van der Waals surface area (Å²) < 4.78 is 0. The Morgan fingerprint density at radius 3 is 2.42 bits per heavy atom. The standard InChI is InChI=1S/C24H23N3O3S/c1-26(2)18(19-9-6-14-31-19)15-27-21(16-10-12-25-13-11-16)20(23(29)24(27)30)22(28)17-7-4-3-5-8-17/h3-14,18,21,28H,15H2,1-2H3/t18-,21-/m1/s1. The number of pyridine rings is 1. The minimum atomic E-state index is -0.689. The van der Waals surface area contributed by atoms with Crippen molar-refractivity contribution in [2.75, 3.05) is 20.6 Å². The van der Waals surface area contributed by atoms with Crippen LogP contribution in [0.15, 0.2) is 77.9 Å². The molecule has 1 aromatic carbocycles. The van der Waals surface area contributed by atoms with Gasteiger partial charge in [0.05, 0.1) is 17.7 Å². The number of thiophene rings is 1. The number of rotatable bonds is 6. The lowest BCUT2D eigenvalue weighted by Gasteiger charge is -2.32. The average molecular weight is 434 g/mol. The van der Waals surface area contributed by atoms with Crippen molar-refractivity contribution >= 4 is 28.8 Å². The van der Waals surface area contributed by atoms with Crippen molar-refractivity contribution in [2.45, 2.75) is 12.1 Å². The first-order chi connectivity index (χ1) is 15.0. The normalized spacial score (nSPS) is 19.2. The first-order valence-corrected chi connectivity index (χ1v) is 10.8. The molecular formula is C24H23N3O3S. The Labute approximate surface area is 185 Å². The molecule has 2 atom stereocenters.